The number of rotatable bonds is 15. The summed E-state index contributed by atoms with van der Waals surface area (Å²) < 4.78 is 6.10. The highest BCUT2D eigenvalue weighted by Crippen LogP contribution is 2.11. The zero-order valence-electron chi connectivity index (χ0n) is 15.6. The van der Waals surface area contributed by atoms with Crippen LogP contribution in [0.5, 0.6) is 0 Å². The topological polar surface area (TPSA) is 26.3 Å². The molecule has 4 heteroatoms. The van der Waals surface area contributed by atoms with E-state index in [0.717, 1.165) is 17.3 Å². The second kappa shape index (κ2) is 16.3. The minimum Gasteiger partial charge on any atom is -1.00 e. The molecule has 0 unspecified atom stereocenters. The van der Waals surface area contributed by atoms with E-state index in [2.05, 4.69) is 27.6 Å². The number of hydrogen-bond donors (Lipinski definition) is 0. The molecule has 23 heavy (non-hydrogen) atoms. The lowest BCUT2D eigenvalue weighted by molar-refractivity contribution is -0.888. The van der Waals surface area contributed by atoms with Gasteiger partial charge in [-0.05, 0) is 26.2 Å². The van der Waals surface area contributed by atoms with Crippen molar-refractivity contribution in [1.29, 1.82) is 0 Å². The van der Waals surface area contributed by atoms with Gasteiger partial charge in [0.05, 0.1) is 33.8 Å². The van der Waals surface area contributed by atoms with Crippen LogP contribution in [0.1, 0.15) is 71.1 Å². The molecular formula is C19H38ClNO2. The molecular weight excluding hydrogens is 310 g/mol. The summed E-state index contributed by atoms with van der Waals surface area (Å²) in [6.07, 6.45) is 14.2. The summed E-state index contributed by atoms with van der Waals surface area (Å²) in [5.74, 6) is -0.305. The quantitative estimate of drug-likeness (QED) is 0.195. The van der Waals surface area contributed by atoms with Crippen molar-refractivity contribution in [2.75, 3.05) is 33.8 Å². The van der Waals surface area contributed by atoms with Crippen LogP contribution in [0.25, 0.3) is 0 Å². The fourth-order valence-electron chi connectivity index (χ4n) is 2.45. The van der Waals surface area contributed by atoms with Crippen molar-refractivity contribution < 1.29 is 26.4 Å². The van der Waals surface area contributed by atoms with E-state index in [1.54, 1.807) is 0 Å². The van der Waals surface area contributed by atoms with Crippen LogP contribution in [0.15, 0.2) is 12.7 Å². The minimum absolute atomic E-state index is 0. The Morgan fingerprint density at radius 2 is 1.35 bits per heavy atom. The van der Waals surface area contributed by atoms with Crippen LogP contribution in [-0.4, -0.2) is 44.2 Å². The predicted molar refractivity (Wildman–Crippen MR) is 94.8 cm³/mol. The Bertz CT molecular complexity index is 293. The van der Waals surface area contributed by atoms with Gasteiger partial charge >= 0.3 is 5.97 Å². The van der Waals surface area contributed by atoms with Crippen molar-refractivity contribution in [3.8, 4) is 0 Å². The average molecular weight is 348 g/mol. The molecule has 0 N–H and O–H groups in total. The fraction of sp³-hybridized carbons (Fsp3) is 0.842. The molecule has 0 spiro atoms. The van der Waals surface area contributed by atoms with Crippen LogP contribution in [0, 0.1) is 0 Å². The highest BCUT2D eigenvalue weighted by atomic mass is 35.5. The van der Waals surface area contributed by atoms with Gasteiger partial charge in [-0.1, -0.05) is 51.5 Å². The predicted octanol–water partition coefficient (Wildman–Crippen LogP) is 1.72. The van der Waals surface area contributed by atoms with Gasteiger partial charge in [-0.25, -0.2) is 4.79 Å². The Labute approximate surface area is 150 Å². The van der Waals surface area contributed by atoms with Crippen molar-refractivity contribution in [3.63, 3.8) is 0 Å². The molecule has 0 aliphatic rings. The summed E-state index contributed by atoms with van der Waals surface area (Å²) in [6.45, 7) is 8.72. The van der Waals surface area contributed by atoms with E-state index in [4.69, 9.17) is 4.74 Å². The van der Waals surface area contributed by atoms with Gasteiger partial charge in [0.25, 0.3) is 0 Å². The molecule has 0 aromatic heterocycles. The van der Waals surface area contributed by atoms with Crippen molar-refractivity contribution in [2.45, 2.75) is 71.1 Å². The molecule has 0 atom stereocenters. The summed E-state index contributed by atoms with van der Waals surface area (Å²) in [4.78, 5) is 10.8. The lowest BCUT2D eigenvalue weighted by Crippen LogP contribution is -3.00. The van der Waals surface area contributed by atoms with Gasteiger partial charge < -0.3 is 21.6 Å². The number of ether oxygens (including phenoxy) is 1. The Hall–Kier alpha value is -0.540. The number of quaternary nitrogens is 1. The van der Waals surface area contributed by atoms with Gasteiger partial charge in [0, 0.05) is 6.08 Å². The van der Waals surface area contributed by atoms with E-state index < -0.39 is 0 Å². The molecule has 0 bridgehead atoms. The van der Waals surface area contributed by atoms with Crippen molar-refractivity contribution >= 4 is 5.97 Å². The number of unbranched alkanes of at least 4 members (excludes halogenated alkanes) is 9. The van der Waals surface area contributed by atoms with E-state index >= 15 is 0 Å². The Kier molecular flexibility index (Phi) is 17.5. The van der Waals surface area contributed by atoms with Crippen LogP contribution >= 0.6 is 0 Å². The van der Waals surface area contributed by atoms with Gasteiger partial charge in [0.1, 0.15) is 0 Å². The van der Waals surface area contributed by atoms with E-state index in [1.165, 1.54) is 70.5 Å². The summed E-state index contributed by atoms with van der Waals surface area (Å²) in [7, 11) is 4.64. The zero-order valence-corrected chi connectivity index (χ0v) is 16.4. The van der Waals surface area contributed by atoms with Crippen molar-refractivity contribution in [3.05, 3.63) is 12.7 Å². The normalized spacial score (nSPS) is 10.9. The SMILES string of the molecule is C=CC(=O)OCCCCCCCCCCCC[N+](C)(C)CC.[Cl-]. The van der Waals surface area contributed by atoms with Crippen molar-refractivity contribution in [1.82, 2.24) is 0 Å². The molecule has 138 valence electrons. The largest absolute Gasteiger partial charge is 1.00 e. The van der Waals surface area contributed by atoms with Crippen LogP contribution < -0.4 is 12.4 Å². The first-order valence-corrected chi connectivity index (χ1v) is 9.13. The number of carbonyl (C=O) groups excluding carboxylic acids is 1. The maximum atomic E-state index is 10.8. The van der Waals surface area contributed by atoms with Gasteiger partial charge in [0.2, 0.25) is 0 Å². The molecule has 0 amide bonds. The van der Waals surface area contributed by atoms with Gasteiger partial charge in [-0.15, -0.1) is 0 Å². The van der Waals surface area contributed by atoms with Crippen LogP contribution in [0.3, 0.4) is 0 Å². The van der Waals surface area contributed by atoms with E-state index in [0.29, 0.717) is 6.61 Å². The Balaban J connectivity index is 0. The second-order valence-electron chi connectivity index (χ2n) is 6.88. The van der Waals surface area contributed by atoms with E-state index in [-0.39, 0.29) is 18.4 Å². The number of carbonyl (C=O) groups is 1. The fourth-order valence-corrected chi connectivity index (χ4v) is 2.45. The third kappa shape index (κ3) is 17.6. The first-order valence-electron chi connectivity index (χ1n) is 9.13. The third-order valence-electron chi connectivity index (χ3n) is 4.42. The van der Waals surface area contributed by atoms with Crippen molar-refractivity contribution in [2.24, 2.45) is 0 Å². The Morgan fingerprint density at radius 1 is 0.913 bits per heavy atom. The number of halogens is 1. The highest BCUT2D eigenvalue weighted by Gasteiger charge is 2.09. The molecule has 0 saturated heterocycles. The monoisotopic (exact) mass is 347 g/mol. The molecule has 0 radical (unpaired) electrons. The summed E-state index contributed by atoms with van der Waals surface area (Å²) in [6, 6.07) is 0. The minimum atomic E-state index is -0.305. The van der Waals surface area contributed by atoms with Gasteiger partial charge in [-0.3, -0.25) is 0 Å². The first kappa shape index (κ1) is 24.7. The third-order valence-corrected chi connectivity index (χ3v) is 4.42. The first-order chi connectivity index (χ1) is 10.5. The maximum absolute atomic E-state index is 10.8. The highest BCUT2D eigenvalue weighted by molar-refractivity contribution is 5.81. The zero-order chi connectivity index (χ0) is 16.7. The average Bonchev–Trinajstić information content (AvgIpc) is 2.51. The summed E-state index contributed by atoms with van der Waals surface area (Å²) in [5, 5.41) is 0. The molecule has 0 aliphatic carbocycles. The molecule has 0 heterocycles. The number of esters is 1. The summed E-state index contributed by atoms with van der Waals surface area (Å²) >= 11 is 0. The second-order valence-corrected chi connectivity index (χ2v) is 6.88. The standard InChI is InChI=1S/C19H38NO2.ClH/c1-5-19(21)22-18-16-14-12-10-8-7-9-11-13-15-17-20(3,4)6-2;/h5H,1,6-18H2,2-4H3;1H/q+1;/p-1. The molecule has 0 fully saturated rings. The number of nitrogens with zero attached hydrogens (tertiary/aromatic N) is 1. The van der Waals surface area contributed by atoms with Gasteiger partial charge in [-0.2, -0.15) is 0 Å². The molecule has 0 aliphatic heterocycles. The van der Waals surface area contributed by atoms with E-state index in [1.807, 2.05) is 0 Å². The lowest BCUT2D eigenvalue weighted by atomic mass is 10.1. The molecule has 0 saturated carbocycles. The van der Waals surface area contributed by atoms with Gasteiger partial charge in [0.15, 0.2) is 0 Å². The van der Waals surface area contributed by atoms with E-state index in [9.17, 15) is 4.79 Å². The molecule has 0 aromatic carbocycles. The Morgan fingerprint density at radius 3 is 1.78 bits per heavy atom. The lowest BCUT2D eigenvalue weighted by Gasteiger charge is -2.28. The summed E-state index contributed by atoms with van der Waals surface area (Å²) in [5.41, 5.74) is 0. The maximum Gasteiger partial charge on any atom is 0.330 e. The molecule has 0 rings (SSSR count). The number of hydrogen-bond acceptors (Lipinski definition) is 2. The molecule has 3 nitrogen and oxygen atoms in total. The molecule has 0 aromatic rings. The van der Waals surface area contributed by atoms with Crippen LogP contribution in [0.4, 0.5) is 0 Å². The van der Waals surface area contributed by atoms with Crippen LogP contribution in [0.2, 0.25) is 0 Å². The smallest absolute Gasteiger partial charge is 0.330 e. The van der Waals surface area contributed by atoms with Crippen LogP contribution in [-0.2, 0) is 9.53 Å².